The van der Waals surface area contributed by atoms with E-state index in [1.54, 1.807) is 0 Å². The number of carbonyl (C=O) groups is 1. The highest BCUT2D eigenvalue weighted by Gasteiger charge is 2.16. The second kappa shape index (κ2) is 3.86. The Hall–Kier alpha value is -0.180. The molecule has 0 bridgehead atoms. The number of hydrogen-bond donors (Lipinski definition) is 1. The molecule has 0 aromatic carbocycles. The summed E-state index contributed by atoms with van der Waals surface area (Å²) in [7, 11) is 0. The molecule has 1 aliphatic rings. The summed E-state index contributed by atoms with van der Waals surface area (Å²) in [5.41, 5.74) is 0. The topological polar surface area (TPSA) is 29.1 Å². The van der Waals surface area contributed by atoms with Crippen molar-refractivity contribution < 1.29 is 4.79 Å². The minimum Gasteiger partial charge on any atom is -0.344 e. The van der Waals surface area contributed by atoms with Gasteiger partial charge in [-0.2, -0.15) is 0 Å². The Bertz CT molecular complexity index is 125. The number of nitrogens with one attached hydrogen (secondary N) is 1. The van der Waals surface area contributed by atoms with Crippen LogP contribution in [0.5, 0.6) is 0 Å². The maximum absolute atomic E-state index is 10.8. The van der Waals surface area contributed by atoms with Gasteiger partial charge < -0.3 is 5.32 Å². The Morgan fingerprint density at radius 2 is 2.60 bits per heavy atom. The average molecular weight is 159 g/mol. The van der Waals surface area contributed by atoms with Gasteiger partial charge in [-0.25, -0.2) is 0 Å². The van der Waals surface area contributed by atoms with Gasteiger partial charge in [-0.15, -0.1) is 11.8 Å². The molecule has 10 heavy (non-hydrogen) atoms. The molecular weight excluding hydrogens is 146 g/mol. The van der Waals surface area contributed by atoms with E-state index < -0.39 is 0 Å². The number of carbonyl (C=O) groups excluding carboxylic acids is 1. The number of amides is 1. The van der Waals surface area contributed by atoms with Gasteiger partial charge in [0.2, 0.25) is 5.91 Å². The predicted molar refractivity (Wildman–Crippen MR) is 43.9 cm³/mol. The average Bonchev–Trinajstić information content (AvgIpc) is 1.88. The molecule has 1 aliphatic heterocycles. The molecular formula is C7H13NOS. The van der Waals surface area contributed by atoms with Crippen molar-refractivity contribution in [2.24, 2.45) is 0 Å². The minimum atomic E-state index is 0.220. The van der Waals surface area contributed by atoms with E-state index in [2.05, 4.69) is 12.2 Å². The molecule has 1 heterocycles. The lowest BCUT2D eigenvalue weighted by molar-refractivity contribution is -0.122. The van der Waals surface area contributed by atoms with Crippen molar-refractivity contribution >= 4 is 17.7 Å². The highest BCUT2D eigenvalue weighted by Crippen LogP contribution is 2.18. The summed E-state index contributed by atoms with van der Waals surface area (Å²) in [5.74, 6) is 1.31. The molecule has 1 amide bonds. The molecule has 0 aliphatic carbocycles. The van der Waals surface area contributed by atoms with Gasteiger partial charge in [0, 0.05) is 6.42 Å². The fourth-order valence-corrected chi connectivity index (χ4v) is 2.05. The van der Waals surface area contributed by atoms with Crippen LogP contribution in [0.1, 0.15) is 26.2 Å². The zero-order valence-corrected chi connectivity index (χ0v) is 7.04. The van der Waals surface area contributed by atoms with Crippen LogP contribution in [0, 0.1) is 0 Å². The van der Waals surface area contributed by atoms with Gasteiger partial charge in [0.25, 0.3) is 0 Å². The molecule has 1 atom stereocenters. The van der Waals surface area contributed by atoms with Gasteiger partial charge in [-0.3, -0.25) is 4.79 Å². The van der Waals surface area contributed by atoms with Crippen molar-refractivity contribution in [2.75, 3.05) is 5.75 Å². The summed E-state index contributed by atoms with van der Waals surface area (Å²) in [6.07, 6.45) is 2.93. The maximum Gasteiger partial charge on any atom is 0.220 e. The van der Waals surface area contributed by atoms with Crippen LogP contribution in [-0.2, 0) is 4.79 Å². The molecule has 0 aromatic heterocycles. The van der Waals surface area contributed by atoms with Crippen LogP contribution in [0.15, 0.2) is 0 Å². The van der Waals surface area contributed by atoms with Gasteiger partial charge >= 0.3 is 0 Å². The normalized spacial score (nSPS) is 26.1. The molecule has 3 heteroatoms. The summed E-state index contributed by atoms with van der Waals surface area (Å²) in [4.78, 5) is 10.8. The standard InChI is InChI=1S/C7H13NOS/c1-2-10-7-5-3-4-6(9)8-7/h7H,2-5H2,1H3,(H,8,9). The monoisotopic (exact) mass is 159 g/mol. The molecule has 58 valence electrons. The lowest BCUT2D eigenvalue weighted by Gasteiger charge is -2.21. The summed E-state index contributed by atoms with van der Waals surface area (Å²) < 4.78 is 0. The summed E-state index contributed by atoms with van der Waals surface area (Å²) in [5, 5.41) is 3.34. The Balaban J connectivity index is 2.25. The lowest BCUT2D eigenvalue weighted by atomic mass is 10.2. The smallest absolute Gasteiger partial charge is 0.220 e. The fraction of sp³-hybridized carbons (Fsp3) is 0.857. The van der Waals surface area contributed by atoms with Crippen LogP contribution in [0.4, 0.5) is 0 Å². The largest absolute Gasteiger partial charge is 0.344 e. The number of thioether (sulfide) groups is 1. The summed E-state index contributed by atoms with van der Waals surface area (Å²) >= 11 is 1.82. The SMILES string of the molecule is CCSC1CCCC(=O)N1. The fourth-order valence-electron chi connectivity index (χ4n) is 1.10. The van der Waals surface area contributed by atoms with Crippen molar-refractivity contribution in [1.29, 1.82) is 0 Å². The first kappa shape index (κ1) is 7.92. The van der Waals surface area contributed by atoms with E-state index in [0.717, 1.165) is 25.0 Å². The van der Waals surface area contributed by atoms with Crippen LogP contribution < -0.4 is 5.32 Å². The second-order valence-electron chi connectivity index (χ2n) is 2.40. The van der Waals surface area contributed by atoms with Crippen molar-refractivity contribution in [3.05, 3.63) is 0 Å². The number of piperidine rings is 1. The van der Waals surface area contributed by atoms with Gasteiger partial charge in [-0.1, -0.05) is 6.92 Å². The molecule has 0 aromatic rings. The van der Waals surface area contributed by atoms with Crippen molar-refractivity contribution in [3.63, 3.8) is 0 Å². The number of hydrogen-bond acceptors (Lipinski definition) is 2. The van der Waals surface area contributed by atoms with E-state index in [-0.39, 0.29) is 5.91 Å². The van der Waals surface area contributed by atoms with Gasteiger partial charge in [0.15, 0.2) is 0 Å². The van der Waals surface area contributed by atoms with E-state index in [1.165, 1.54) is 0 Å². The summed E-state index contributed by atoms with van der Waals surface area (Å²) in [6, 6.07) is 0. The maximum atomic E-state index is 10.8. The first-order valence-electron chi connectivity index (χ1n) is 3.74. The first-order valence-corrected chi connectivity index (χ1v) is 4.78. The molecule has 1 unspecified atom stereocenters. The molecule has 1 fully saturated rings. The van der Waals surface area contributed by atoms with E-state index in [1.807, 2.05) is 11.8 Å². The first-order chi connectivity index (χ1) is 4.83. The van der Waals surface area contributed by atoms with E-state index in [4.69, 9.17) is 0 Å². The summed E-state index contributed by atoms with van der Waals surface area (Å²) in [6.45, 7) is 2.12. The molecule has 0 radical (unpaired) electrons. The molecule has 1 N–H and O–H groups in total. The Labute approximate surface area is 65.8 Å². The lowest BCUT2D eigenvalue weighted by Crippen LogP contribution is -2.36. The third kappa shape index (κ3) is 2.21. The highest BCUT2D eigenvalue weighted by atomic mass is 32.2. The van der Waals surface area contributed by atoms with Gasteiger partial charge in [-0.05, 0) is 18.6 Å². The zero-order valence-electron chi connectivity index (χ0n) is 6.22. The highest BCUT2D eigenvalue weighted by molar-refractivity contribution is 7.99. The van der Waals surface area contributed by atoms with Crippen molar-refractivity contribution in [2.45, 2.75) is 31.6 Å². The van der Waals surface area contributed by atoms with Gasteiger partial charge in [0.1, 0.15) is 0 Å². The molecule has 2 nitrogen and oxygen atoms in total. The zero-order chi connectivity index (χ0) is 7.40. The van der Waals surface area contributed by atoms with Crippen molar-refractivity contribution in [3.8, 4) is 0 Å². The minimum absolute atomic E-state index is 0.220. The Morgan fingerprint density at radius 1 is 1.80 bits per heavy atom. The van der Waals surface area contributed by atoms with E-state index in [0.29, 0.717) is 5.37 Å². The van der Waals surface area contributed by atoms with Crippen LogP contribution in [0.3, 0.4) is 0 Å². The molecule has 1 saturated heterocycles. The third-order valence-corrected chi connectivity index (χ3v) is 2.65. The Morgan fingerprint density at radius 3 is 3.20 bits per heavy atom. The van der Waals surface area contributed by atoms with Crippen LogP contribution in [-0.4, -0.2) is 17.0 Å². The second-order valence-corrected chi connectivity index (χ2v) is 3.88. The van der Waals surface area contributed by atoms with E-state index >= 15 is 0 Å². The third-order valence-electron chi connectivity index (χ3n) is 1.56. The van der Waals surface area contributed by atoms with Gasteiger partial charge in [0.05, 0.1) is 5.37 Å². The van der Waals surface area contributed by atoms with Crippen LogP contribution in [0.25, 0.3) is 0 Å². The van der Waals surface area contributed by atoms with Crippen LogP contribution >= 0.6 is 11.8 Å². The molecule has 0 spiro atoms. The quantitative estimate of drug-likeness (QED) is 0.659. The van der Waals surface area contributed by atoms with E-state index in [9.17, 15) is 4.79 Å². The molecule has 0 saturated carbocycles. The van der Waals surface area contributed by atoms with Crippen molar-refractivity contribution in [1.82, 2.24) is 5.32 Å². The molecule has 1 rings (SSSR count). The Kier molecular flexibility index (Phi) is 3.06. The number of rotatable bonds is 2. The predicted octanol–water partition coefficient (Wildman–Crippen LogP) is 1.37. The van der Waals surface area contributed by atoms with Crippen LogP contribution in [0.2, 0.25) is 0 Å².